The smallest absolute Gasteiger partial charge is 0.193 e. The van der Waals surface area contributed by atoms with E-state index in [2.05, 4.69) is 43.0 Å². The van der Waals surface area contributed by atoms with Crippen LogP contribution < -0.4 is 5.32 Å². The van der Waals surface area contributed by atoms with E-state index < -0.39 is 0 Å². The summed E-state index contributed by atoms with van der Waals surface area (Å²) < 4.78 is 11.6. The second-order valence-electron chi connectivity index (χ2n) is 8.10. The van der Waals surface area contributed by atoms with Gasteiger partial charge in [-0.25, -0.2) is 0 Å². The molecule has 24 heavy (non-hydrogen) atoms. The normalized spacial score (nSPS) is 28.4. The van der Waals surface area contributed by atoms with E-state index in [1.54, 1.807) is 0 Å². The first kappa shape index (κ1) is 22.0. The van der Waals surface area contributed by atoms with Crippen LogP contribution in [0.25, 0.3) is 0 Å². The maximum Gasteiger partial charge on any atom is 0.193 e. The highest BCUT2D eigenvalue weighted by molar-refractivity contribution is 14.0. The van der Waals surface area contributed by atoms with Gasteiger partial charge in [-0.1, -0.05) is 20.8 Å². The van der Waals surface area contributed by atoms with Crippen molar-refractivity contribution in [3.05, 3.63) is 0 Å². The fourth-order valence-electron chi connectivity index (χ4n) is 3.82. The molecule has 3 unspecified atom stereocenters. The largest absolute Gasteiger partial charge is 0.381 e. The molecule has 0 radical (unpaired) electrons. The molecule has 0 spiro atoms. The molecule has 2 rings (SSSR count). The van der Waals surface area contributed by atoms with Crippen LogP contribution in [0.3, 0.4) is 0 Å². The van der Waals surface area contributed by atoms with Crippen LogP contribution in [0, 0.1) is 17.3 Å². The molecule has 142 valence electrons. The molecule has 0 saturated carbocycles. The van der Waals surface area contributed by atoms with Crippen LogP contribution in [0.5, 0.6) is 0 Å². The Morgan fingerprint density at radius 2 is 2.00 bits per heavy atom. The molecule has 6 heteroatoms. The lowest BCUT2D eigenvalue weighted by atomic mass is 9.78. The van der Waals surface area contributed by atoms with Crippen LogP contribution in [0.1, 0.15) is 40.0 Å². The lowest BCUT2D eigenvalue weighted by Gasteiger charge is -2.40. The predicted molar refractivity (Wildman–Crippen MR) is 110 cm³/mol. The van der Waals surface area contributed by atoms with Crippen LogP contribution in [-0.2, 0) is 9.47 Å². The number of halogens is 1. The summed E-state index contributed by atoms with van der Waals surface area (Å²) in [4.78, 5) is 6.68. The van der Waals surface area contributed by atoms with E-state index >= 15 is 0 Å². The van der Waals surface area contributed by atoms with Crippen molar-refractivity contribution in [1.82, 2.24) is 10.2 Å². The molecular weight excluding hydrogens is 417 g/mol. The zero-order valence-electron chi connectivity index (χ0n) is 16.0. The zero-order valence-corrected chi connectivity index (χ0v) is 18.3. The number of guanidine groups is 1. The van der Waals surface area contributed by atoms with Crippen molar-refractivity contribution in [2.75, 3.05) is 47.0 Å². The third kappa shape index (κ3) is 6.33. The van der Waals surface area contributed by atoms with Gasteiger partial charge in [0.25, 0.3) is 0 Å². The molecule has 0 bridgehead atoms. The number of rotatable bonds is 4. The van der Waals surface area contributed by atoms with E-state index in [0.717, 1.165) is 51.7 Å². The number of ether oxygens (including phenoxy) is 2. The molecule has 0 aromatic carbocycles. The lowest BCUT2D eigenvalue weighted by molar-refractivity contribution is -0.0836. The van der Waals surface area contributed by atoms with Crippen molar-refractivity contribution in [2.45, 2.75) is 46.1 Å². The topological polar surface area (TPSA) is 46.1 Å². The number of hydrogen-bond donors (Lipinski definition) is 1. The van der Waals surface area contributed by atoms with Crippen LogP contribution in [0.4, 0.5) is 0 Å². The lowest BCUT2D eigenvalue weighted by Crippen LogP contribution is -2.48. The third-order valence-electron chi connectivity index (χ3n) is 4.95. The molecule has 2 saturated heterocycles. The summed E-state index contributed by atoms with van der Waals surface area (Å²) in [6, 6.07) is 0. The molecule has 5 nitrogen and oxygen atoms in total. The highest BCUT2D eigenvalue weighted by atomic mass is 127. The first-order valence-electron chi connectivity index (χ1n) is 9.03. The molecule has 2 aliphatic rings. The highest BCUT2D eigenvalue weighted by Gasteiger charge is 2.35. The monoisotopic (exact) mass is 453 g/mol. The number of hydrogen-bond acceptors (Lipinski definition) is 3. The summed E-state index contributed by atoms with van der Waals surface area (Å²) in [5.41, 5.74) is 0.184. The van der Waals surface area contributed by atoms with E-state index in [1.165, 1.54) is 6.42 Å². The van der Waals surface area contributed by atoms with Gasteiger partial charge in [-0.3, -0.25) is 4.99 Å². The Balaban J connectivity index is 0.00000288. The summed E-state index contributed by atoms with van der Waals surface area (Å²) in [7, 11) is 3.98. The van der Waals surface area contributed by atoms with Crippen LogP contribution in [0.2, 0.25) is 0 Å². The maximum absolute atomic E-state index is 6.08. The molecule has 0 aliphatic carbocycles. The average molecular weight is 453 g/mol. The van der Waals surface area contributed by atoms with Gasteiger partial charge >= 0.3 is 0 Å². The Kier molecular flexibility index (Phi) is 9.30. The number of nitrogens with zero attached hydrogens (tertiary/aromatic N) is 2. The van der Waals surface area contributed by atoms with Crippen LogP contribution in [-0.4, -0.2) is 64.0 Å². The van der Waals surface area contributed by atoms with Gasteiger partial charge < -0.3 is 19.7 Å². The molecule has 2 fully saturated rings. The van der Waals surface area contributed by atoms with Gasteiger partial charge in [0.1, 0.15) is 0 Å². The minimum atomic E-state index is 0. The maximum atomic E-state index is 6.08. The van der Waals surface area contributed by atoms with E-state index in [4.69, 9.17) is 9.47 Å². The Labute approximate surface area is 165 Å². The van der Waals surface area contributed by atoms with Gasteiger partial charge in [0.05, 0.1) is 12.7 Å². The van der Waals surface area contributed by atoms with Crippen molar-refractivity contribution >= 4 is 29.9 Å². The SMILES string of the molecule is CN=C(NCC1CCCOC1C(C)(C)C)N(C)CC1CCOC1.I. The number of aliphatic imine (C=N–C) groups is 1. The summed E-state index contributed by atoms with van der Waals surface area (Å²) in [5, 5.41) is 3.57. The Morgan fingerprint density at radius 3 is 2.58 bits per heavy atom. The van der Waals surface area contributed by atoms with Gasteiger partial charge in [0, 0.05) is 52.2 Å². The van der Waals surface area contributed by atoms with Gasteiger partial charge in [-0.05, 0) is 24.7 Å². The summed E-state index contributed by atoms with van der Waals surface area (Å²) in [5.74, 6) is 2.15. The molecule has 3 atom stereocenters. The van der Waals surface area contributed by atoms with Crippen LogP contribution >= 0.6 is 24.0 Å². The highest BCUT2D eigenvalue weighted by Crippen LogP contribution is 2.33. The van der Waals surface area contributed by atoms with Gasteiger partial charge in [0.2, 0.25) is 0 Å². The first-order valence-corrected chi connectivity index (χ1v) is 9.03. The third-order valence-corrected chi connectivity index (χ3v) is 4.95. The zero-order chi connectivity index (χ0) is 16.9. The van der Waals surface area contributed by atoms with Crippen molar-refractivity contribution in [3.63, 3.8) is 0 Å². The Hall–Kier alpha value is -0.0800. The molecular formula is C18H36IN3O2. The Bertz CT molecular complexity index is 392. The molecule has 0 aromatic rings. The quantitative estimate of drug-likeness (QED) is 0.404. The van der Waals surface area contributed by atoms with Gasteiger partial charge in [0.15, 0.2) is 5.96 Å². The van der Waals surface area contributed by atoms with Crippen molar-refractivity contribution in [3.8, 4) is 0 Å². The minimum Gasteiger partial charge on any atom is -0.381 e. The van der Waals surface area contributed by atoms with Gasteiger partial charge in [-0.15, -0.1) is 24.0 Å². The fourth-order valence-corrected chi connectivity index (χ4v) is 3.82. The van der Waals surface area contributed by atoms with Crippen molar-refractivity contribution in [1.29, 1.82) is 0 Å². The van der Waals surface area contributed by atoms with E-state index in [-0.39, 0.29) is 29.4 Å². The van der Waals surface area contributed by atoms with E-state index in [0.29, 0.717) is 17.9 Å². The molecule has 0 aromatic heterocycles. The predicted octanol–water partition coefficient (Wildman–Crippen LogP) is 2.99. The average Bonchev–Trinajstić information content (AvgIpc) is 3.00. The van der Waals surface area contributed by atoms with Crippen molar-refractivity contribution in [2.24, 2.45) is 22.2 Å². The second kappa shape index (κ2) is 10.2. The molecule has 1 N–H and O–H groups in total. The summed E-state index contributed by atoms with van der Waals surface area (Å²) >= 11 is 0. The summed E-state index contributed by atoms with van der Waals surface area (Å²) in [6.45, 7) is 11.4. The minimum absolute atomic E-state index is 0. The molecule has 0 amide bonds. The van der Waals surface area contributed by atoms with E-state index in [1.807, 2.05) is 7.05 Å². The molecule has 2 aliphatic heterocycles. The number of nitrogens with one attached hydrogen (secondary N) is 1. The van der Waals surface area contributed by atoms with E-state index in [9.17, 15) is 0 Å². The fraction of sp³-hybridized carbons (Fsp3) is 0.944. The first-order chi connectivity index (χ1) is 10.9. The standard InChI is InChI=1S/C18H35N3O2.HI/c1-18(2,3)16-15(7-6-9-23-16)11-20-17(19-4)21(5)12-14-8-10-22-13-14;/h14-16H,6-13H2,1-5H3,(H,19,20);1H. The summed E-state index contributed by atoms with van der Waals surface area (Å²) in [6.07, 6.45) is 3.86. The van der Waals surface area contributed by atoms with Crippen LogP contribution in [0.15, 0.2) is 4.99 Å². The second-order valence-corrected chi connectivity index (χ2v) is 8.10. The van der Waals surface area contributed by atoms with Gasteiger partial charge in [-0.2, -0.15) is 0 Å². The Morgan fingerprint density at radius 1 is 1.25 bits per heavy atom. The molecule has 2 heterocycles. The van der Waals surface area contributed by atoms with Crippen molar-refractivity contribution < 1.29 is 9.47 Å².